The summed E-state index contributed by atoms with van der Waals surface area (Å²) in [5.41, 5.74) is 0.157. The van der Waals surface area contributed by atoms with Gasteiger partial charge in [0.05, 0.1) is 11.9 Å². The first-order valence-corrected chi connectivity index (χ1v) is 8.44. The fourth-order valence-corrected chi connectivity index (χ4v) is 2.67. The second-order valence-corrected chi connectivity index (χ2v) is 7.44. The lowest BCUT2D eigenvalue weighted by Crippen LogP contribution is -2.43. The molecule has 1 N–H and O–H groups in total. The van der Waals surface area contributed by atoms with Gasteiger partial charge in [0.25, 0.3) is 0 Å². The van der Waals surface area contributed by atoms with Gasteiger partial charge in [-0.15, -0.1) is 0 Å². The Labute approximate surface area is 144 Å². The maximum atomic E-state index is 12.3. The van der Waals surface area contributed by atoms with Crippen LogP contribution >= 0.6 is 15.9 Å². The number of likely N-dealkylation sites (tertiary alicyclic amines) is 1. The molecule has 0 unspecified atom stereocenters. The molecule has 126 valence electrons. The minimum atomic E-state index is -0.502. The fraction of sp³-hybridized carbons (Fsp3) is 0.562. The van der Waals surface area contributed by atoms with Gasteiger partial charge in [-0.3, -0.25) is 9.78 Å². The summed E-state index contributed by atoms with van der Waals surface area (Å²) in [4.78, 5) is 30.0. The minimum Gasteiger partial charge on any atom is -0.444 e. The molecule has 0 atom stereocenters. The Hall–Kier alpha value is -1.63. The smallest absolute Gasteiger partial charge is 0.410 e. The van der Waals surface area contributed by atoms with Crippen molar-refractivity contribution in [3.8, 4) is 0 Å². The summed E-state index contributed by atoms with van der Waals surface area (Å²) < 4.78 is 6.15. The van der Waals surface area contributed by atoms with Gasteiger partial charge in [0.15, 0.2) is 0 Å². The number of carbonyl (C=O) groups is 2. The van der Waals surface area contributed by atoms with E-state index in [-0.39, 0.29) is 17.9 Å². The number of pyridine rings is 1. The molecular weight excluding hydrogens is 362 g/mol. The Kier molecular flexibility index (Phi) is 5.62. The Balaban J connectivity index is 1.85. The normalized spacial score (nSPS) is 16.1. The highest BCUT2D eigenvalue weighted by Gasteiger charge is 2.30. The Morgan fingerprint density at radius 1 is 1.35 bits per heavy atom. The van der Waals surface area contributed by atoms with E-state index in [1.807, 2.05) is 20.8 Å². The Bertz CT molecular complexity index is 578. The third kappa shape index (κ3) is 5.20. The summed E-state index contributed by atoms with van der Waals surface area (Å²) in [5.74, 6) is -0.150. The van der Waals surface area contributed by atoms with Crippen LogP contribution in [0, 0.1) is 5.92 Å². The van der Waals surface area contributed by atoms with Crippen LogP contribution in [-0.4, -0.2) is 40.6 Å². The van der Waals surface area contributed by atoms with E-state index in [1.54, 1.807) is 23.4 Å². The molecule has 1 aliphatic heterocycles. The number of hydrogen-bond acceptors (Lipinski definition) is 4. The standard InChI is InChI=1S/C16H22BrN3O3/c1-16(2,3)23-15(22)20-8-5-11(6-9-20)14(21)19-13-10-18-7-4-12(13)17/h4,7,10-11H,5-6,8-9H2,1-3H3,(H,19,21). The molecule has 1 aliphatic rings. The number of nitrogens with zero attached hydrogens (tertiary/aromatic N) is 2. The quantitative estimate of drug-likeness (QED) is 0.848. The van der Waals surface area contributed by atoms with Gasteiger partial charge in [-0.25, -0.2) is 4.79 Å². The summed E-state index contributed by atoms with van der Waals surface area (Å²) >= 11 is 3.38. The number of piperidine rings is 1. The second kappa shape index (κ2) is 7.29. The van der Waals surface area contributed by atoms with E-state index >= 15 is 0 Å². The molecule has 0 spiro atoms. The van der Waals surface area contributed by atoms with Gasteiger partial charge in [0, 0.05) is 29.7 Å². The molecule has 0 aliphatic carbocycles. The number of carbonyl (C=O) groups excluding carboxylic acids is 2. The van der Waals surface area contributed by atoms with Gasteiger partial charge in [0.2, 0.25) is 5.91 Å². The molecule has 7 heteroatoms. The molecule has 0 saturated carbocycles. The zero-order valence-corrected chi connectivity index (χ0v) is 15.2. The summed E-state index contributed by atoms with van der Waals surface area (Å²) in [7, 11) is 0. The molecule has 6 nitrogen and oxygen atoms in total. The van der Waals surface area contributed by atoms with E-state index in [2.05, 4.69) is 26.2 Å². The zero-order chi connectivity index (χ0) is 17.0. The van der Waals surface area contributed by atoms with Gasteiger partial charge in [-0.2, -0.15) is 0 Å². The molecule has 0 radical (unpaired) electrons. The monoisotopic (exact) mass is 383 g/mol. The lowest BCUT2D eigenvalue weighted by atomic mass is 9.96. The molecule has 1 saturated heterocycles. The number of halogens is 1. The molecule has 23 heavy (non-hydrogen) atoms. The van der Waals surface area contributed by atoms with Crippen molar-refractivity contribution < 1.29 is 14.3 Å². The van der Waals surface area contributed by atoms with Crippen molar-refractivity contribution >= 4 is 33.6 Å². The van der Waals surface area contributed by atoms with Crippen molar-refractivity contribution in [1.82, 2.24) is 9.88 Å². The van der Waals surface area contributed by atoms with E-state index in [0.29, 0.717) is 31.6 Å². The first kappa shape index (κ1) is 17.7. The molecular formula is C16H22BrN3O3. The van der Waals surface area contributed by atoms with E-state index in [1.165, 1.54) is 0 Å². The topological polar surface area (TPSA) is 71.5 Å². The number of amides is 2. The third-order valence-corrected chi connectivity index (χ3v) is 4.23. The highest BCUT2D eigenvalue weighted by molar-refractivity contribution is 9.10. The van der Waals surface area contributed by atoms with Gasteiger partial charge in [0.1, 0.15) is 5.60 Å². The van der Waals surface area contributed by atoms with E-state index in [9.17, 15) is 9.59 Å². The van der Waals surface area contributed by atoms with Crippen molar-refractivity contribution in [2.75, 3.05) is 18.4 Å². The third-order valence-electron chi connectivity index (χ3n) is 3.54. The lowest BCUT2D eigenvalue weighted by molar-refractivity contribution is -0.121. The lowest BCUT2D eigenvalue weighted by Gasteiger charge is -2.32. The molecule has 0 aromatic carbocycles. The molecule has 1 aromatic heterocycles. The van der Waals surface area contributed by atoms with Crippen LogP contribution in [0.5, 0.6) is 0 Å². The van der Waals surface area contributed by atoms with Gasteiger partial charge in [-0.05, 0) is 55.6 Å². The van der Waals surface area contributed by atoms with Crippen LogP contribution < -0.4 is 5.32 Å². The van der Waals surface area contributed by atoms with E-state index in [0.717, 1.165) is 4.47 Å². The van der Waals surface area contributed by atoms with Crippen molar-refractivity contribution in [2.45, 2.75) is 39.2 Å². The van der Waals surface area contributed by atoms with Crippen LogP contribution in [0.2, 0.25) is 0 Å². The predicted octanol–water partition coefficient (Wildman–Crippen LogP) is 3.43. The first-order chi connectivity index (χ1) is 10.8. The van der Waals surface area contributed by atoms with E-state index < -0.39 is 5.60 Å². The maximum absolute atomic E-state index is 12.3. The van der Waals surface area contributed by atoms with Gasteiger partial charge >= 0.3 is 6.09 Å². The summed E-state index contributed by atoms with van der Waals surface area (Å²) in [6.07, 6.45) is 4.20. The molecule has 2 rings (SSSR count). The van der Waals surface area contributed by atoms with Crippen LogP contribution in [0.3, 0.4) is 0 Å². The largest absolute Gasteiger partial charge is 0.444 e. The SMILES string of the molecule is CC(C)(C)OC(=O)N1CCC(C(=O)Nc2cnccc2Br)CC1. The van der Waals surface area contributed by atoms with Crippen LogP contribution in [0.4, 0.5) is 10.5 Å². The minimum absolute atomic E-state index is 0.0393. The van der Waals surface area contributed by atoms with E-state index in [4.69, 9.17) is 4.74 Å². The highest BCUT2D eigenvalue weighted by Crippen LogP contribution is 2.24. The highest BCUT2D eigenvalue weighted by atomic mass is 79.9. The van der Waals surface area contributed by atoms with Gasteiger partial charge < -0.3 is 15.0 Å². The van der Waals surface area contributed by atoms with Crippen molar-refractivity contribution in [2.24, 2.45) is 5.92 Å². The Morgan fingerprint density at radius 2 is 2.00 bits per heavy atom. The van der Waals surface area contributed by atoms with Crippen molar-refractivity contribution in [3.05, 3.63) is 22.9 Å². The van der Waals surface area contributed by atoms with Crippen LogP contribution in [0.25, 0.3) is 0 Å². The van der Waals surface area contributed by atoms with Crippen molar-refractivity contribution in [1.29, 1.82) is 0 Å². The van der Waals surface area contributed by atoms with Crippen LogP contribution in [0.15, 0.2) is 22.9 Å². The fourth-order valence-electron chi connectivity index (χ4n) is 2.35. The Morgan fingerprint density at radius 3 is 2.57 bits per heavy atom. The maximum Gasteiger partial charge on any atom is 0.410 e. The zero-order valence-electron chi connectivity index (χ0n) is 13.6. The predicted molar refractivity (Wildman–Crippen MR) is 91.1 cm³/mol. The van der Waals surface area contributed by atoms with Crippen molar-refractivity contribution in [3.63, 3.8) is 0 Å². The second-order valence-electron chi connectivity index (χ2n) is 6.59. The number of nitrogens with one attached hydrogen (secondary N) is 1. The molecule has 0 bridgehead atoms. The molecule has 2 amide bonds. The van der Waals surface area contributed by atoms with Crippen LogP contribution in [0.1, 0.15) is 33.6 Å². The average molecular weight is 384 g/mol. The van der Waals surface area contributed by atoms with Gasteiger partial charge in [-0.1, -0.05) is 0 Å². The number of aromatic nitrogens is 1. The average Bonchev–Trinajstić information content (AvgIpc) is 2.48. The number of ether oxygens (including phenoxy) is 1. The number of hydrogen-bond donors (Lipinski definition) is 1. The van der Waals surface area contributed by atoms with Crippen LogP contribution in [-0.2, 0) is 9.53 Å². The summed E-state index contributed by atoms with van der Waals surface area (Å²) in [6.45, 7) is 6.59. The summed E-state index contributed by atoms with van der Waals surface area (Å²) in [5, 5.41) is 2.88. The molecule has 1 fully saturated rings. The number of rotatable bonds is 2. The molecule has 2 heterocycles. The molecule has 1 aromatic rings. The first-order valence-electron chi connectivity index (χ1n) is 7.64. The number of anilines is 1. The summed E-state index contributed by atoms with van der Waals surface area (Å²) in [6, 6.07) is 1.78.